The van der Waals surface area contributed by atoms with Crippen LogP contribution in [-0.4, -0.2) is 41.7 Å². The number of hydrogen-bond donors (Lipinski definition) is 0. The van der Waals surface area contributed by atoms with Crippen LogP contribution in [0.25, 0.3) is 33.6 Å². The van der Waals surface area contributed by atoms with Crippen LogP contribution < -0.4 is 4.74 Å². The molecule has 2 aromatic heterocycles. The van der Waals surface area contributed by atoms with Crippen molar-refractivity contribution in [2.45, 2.75) is 26.3 Å². The molecule has 0 unspecified atom stereocenters. The Labute approximate surface area is 231 Å². The van der Waals surface area contributed by atoms with Gasteiger partial charge in [0.25, 0.3) is 0 Å². The average molecular weight is 554 g/mol. The van der Waals surface area contributed by atoms with Crippen LogP contribution in [0.2, 0.25) is 10.0 Å². The fraction of sp³-hybridized carbons (Fsp3) is 0.267. The molecule has 0 N–H and O–H groups in total. The van der Waals surface area contributed by atoms with E-state index in [-0.39, 0.29) is 12.5 Å². The number of hydrogen-bond acceptors (Lipinski definition) is 4. The van der Waals surface area contributed by atoms with Crippen molar-refractivity contribution in [1.29, 1.82) is 0 Å². The number of pyridine rings is 2. The first-order chi connectivity index (χ1) is 18.4. The Bertz CT molecular complexity index is 1500. The van der Waals surface area contributed by atoms with E-state index in [4.69, 9.17) is 27.9 Å². The molecule has 2 aromatic carbocycles. The second kappa shape index (κ2) is 11.4. The average Bonchev–Trinajstić information content (AvgIpc) is 2.93. The van der Waals surface area contributed by atoms with Crippen molar-refractivity contribution in [3.05, 3.63) is 87.3 Å². The summed E-state index contributed by atoms with van der Waals surface area (Å²) >= 11 is 13.8. The van der Waals surface area contributed by atoms with E-state index in [2.05, 4.69) is 14.9 Å². The minimum absolute atomic E-state index is 0.301. The number of methoxy groups -OCH3 is 1. The number of fused-ring (bicyclic) bond motifs is 1. The first-order valence-electron chi connectivity index (χ1n) is 12.5. The van der Waals surface area contributed by atoms with Crippen molar-refractivity contribution in [1.82, 2.24) is 14.9 Å². The first-order valence-corrected chi connectivity index (χ1v) is 13.2. The highest BCUT2D eigenvalue weighted by molar-refractivity contribution is 6.39. The van der Waals surface area contributed by atoms with Gasteiger partial charge in [-0.2, -0.15) is 0 Å². The van der Waals surface area contributed by atoms with E-state index in [1.807, 2.05) is 43.3 Å². The van der Waals surface area contributed by atoms with Crippen LogP contribution in [0.5, 0.6) is 5.88 Å². The number of aryl methyl sites for hydroxylation is 1. The molecule has 196 valence electrons. The van der Waals surface area contributed by atoms with Gasteiger partial charge >= 0.3 is 0 Å². The van der Waals surface area contributed by atoms with E-state index in [1.54, 1.807) is 19.4 Å². The molecule has 4 aromatic rings. The van der Waals surface area contributed by atoms with Crippen LogP contribution >= 0.6 is 23.2 Å². The third kappa shape index (κ3) is 5.13. The van der Waals surface area contributed by atoms with E-state index in [9.17, 15) is 4.39 Å². The van der Waals surface area contributed by atoms with Gasteiger partial charge in [-0.3, -0.25) is 14.3 Å². The lowest BCUT2D eigenvalue weighted by atomic mass is 9.94. The molecule has 38 heavy (non-hydrogen) atoms. The van der Waals surface area contributed by atoms with Gasteiger partial charge in [0.1, 0.15) is 5.82 Å². The summed E-state index contributed by atoms with van der Waals surface area (Å²) in [6.45, 7) is 3.42. The number of alkyl halides is 1. The Kier molecular flexibility index (Phi) is 7.93. The van der Waals surface area contributed by atoms with Gasteiger partial charge in [-0.05, 0) is 49.6 Å². The van der Waals surface area contributed by atoms with Crippen LogP contribution in [0.3, 0.4) is 0 Å². The molecule has 0 amide bonds. The predicted molar refractivity (Wildman–Crippen MR) is 149 cm³/mol. The molecule has 0 fully saturated rings. The zero-order chi connectivity index (χ0) is 26.8. The fourth-order valence-corrected chi connectivity index (χ4v) is 5.59. The second-order valence-electron chi connectivity index (χ2n) is 9.38. The molecule has 0 spiro atoms. The van der Waals surface area contributed by atoms with Gasteiger partial charge in [-0.15, -0.1) is 0 Å². The molecule has 0 saturated carbocycles. The largest absolute Gasteiger partial charge is 0.481 e. The lowest BCUT2D eigenvalue weighted by molar-refractivity contribution is 0.237. The molecule has 0 saturated heterocycles. The Morgan fingerprint density at radius 2 is 1.82 bits per heavy atom. The van der Waals surface area contributed by atoms with E-state index in [0.717, 1.165) is 28.8 Å². The van der Waals surface area contributed by atoms with Gasteiger partial charge in [-0.25, -0.2) is 9.37 Å². The topological polar surface area (TPSA) is 38.3 Å². The smallest absolute Gasteiger partial charge is 0.216 e. The Morgan fingerprint density at radius 3 is 2.61 bits per heavy atom. The summed E-state index contributed by atoms with van der Waals surface area (Å²) in [6, 6.07) is 14.8. The highest BCUT2D eigenvalue weighted by atomic mass is 35.5. The Balaban J connectivity index is 1.52. The van der Waals surface area contributed by atoms with E-state index < -0.39 is 0 Å². The third-order valence-electron chi connectivity index (χ3n) is 6.95. The van der Waals surface area contributed by atoms with Gasteiger partial charge in [0, 0.05) is 59.2 Å². The molecule has 1 aliphatic heterocycles. The third-order valence-corrected chi connectivity index (χ3v) is 7.74. The SMILES string of the molecule is COc1nc(-c2cccc(-c3ccnc(-c4cc(F)c5c(c4)CCN(CCCF)C5)c3Cl)c2Cl)ccc1C. The zero-order valence-electron chi connectivity index (χ0n) is 21.2. The van der Waals surface area contributed by atoms with Crippen LogP contribution in [0.15, 0.2) is 54.7 Å². The molecule has 0 radical (unpaired) electrons. The van der Waals surface area contributed by atoms with E-state index >= 15 is 4.39 Å². The van der Waals surface area contributed by atoms with Gasteiger partial charge < -0.3 is 4.74 Å². The number of ether oxygens (including phenoxy) is 1. The molecular weight excluding hydrogens is 527 g/mol. The molecule has 1 aliphatic rings. The highest BCUT2D eigenvalue weighted by Crippen LogP contribution is 2.42. The maximum atomic E-state index is 15.3. The van der Waals surface area contributed by atoms with E-state index in [1.165, 1.54) is 6.07 Å². The summed E-state index contributed by atoms with van der Waals surface area (Å²) in [5, 5.41) is 0.885. The van der Waals surface area contributed by atoms with Crippen LogP contribution in [0.1, 0.15) is 23.1 Å². The maximum absolute atomic E-state index is 15.3. The summed E-state index contributed by atoms with van der Waals surface area (Å²) in [6.07, 6.45) is 2.80. The van der Waals surface area contributed by atoms with Crippen molar-refractivity contribution < 1.29 is 13.5 Å². The number of nitrogens with zero attached hydrogens (tertiary/aromatic N) is 3. The summed E-state index contributed by atoms with van der Waals surface area (Å²) in [5.74, 6) is 0.235. The minimum Gasteiger partial charge on any atom is -0.481 e. The monoisotopic (exact) mass is 553 g/mol. The van der Waals surface area contributed by atoms with Crippen molar-refractivity contribution >= 4 is 23.2 Å². The standard InChI is InChI=1S/C30H27Cl2F2N3O/c1-18-7-8-26(36-30(18)38-2)23-6-3-5-21(27(23)31)22-9-12-35-29(28(22)32)20-15-19-10-14-37(13-4-11-33)17-24(19)25(34)16-20/h3,5-9,12,15-16H,4,10-11,13-14,17H2,1-2H3. The minimum atomic E-state index is -0.367. The molecule has 0 bridgehead atoms. The summed E-state index contributed by atoms with van der Waals surface area (Å²) < 4.78 is 33.2. The van der Waals surface area contributed by atoms with Gasteiger partial charge in [-0.1, -0.05) is 47.5 Å². The van der Waals surface area contributed by atoms with Crippen LogP contribution in [0.4, 0.5) is 8.78 Å². The molecular formula is C30H27Cl2F2N3O. The molecule has 0 aliphatic carbocycles. The van der Waals surface area contributed by atoms with E-state index in [0.29, 0.717) is 69.9 Å². The lowest BCUT2D eigenvalue weighted by Gasteiger charge is -2.29. The molecule has 3 heterocycles. The van der Waals surface area contributed by atoms with Crippen molar-refractivity contribution in [2.24, 2.45) is 0 Å². The summed E-state index contributed by atoms with van der Waals surface area (Å²) in [5.41, 5.74) is 6.46. The summed E-state index contributed by atoms with van der Waals surface area (Å²) in [7, 11) is 1.59. The predicted octanol–water partition coefficient (Wildman–Crippen LogP) is 7.96. The highest BCUT2D eigenvalue weighted by Gasteiger charge is 2.23. The van der Waals surface area contributed by atoms with Crippen LogP contribution in [0, 0.1) is 12.7 Å². The molecule has 5 rings (SSSR count). The Hall–Kier alpha value is -3.06. The van der Waals surface area contributed by atoms with Crippen molar-refractivity contribution in [3.63, 3.8) is 0 Å². The lowest BCUT2D eigenvalue weighted by Crippen LogP contribution is -2.32. The molecule has 0 atom stereocenters. The first kappa shape index (κ1) is 26.5. The fourth-order valence-electron chi connectivity index (χ4n) is 4.94. The van der Waals surface area contributed by atoms with Crippen LogP contribution in [-0.2, 0) is 13.0 Å². The normalized spacial score (nSPS) is 13.4. The van der Waals surface area contributed by atoms with Crippen molar-refractivity contribution in [2.75, 3.05) is 26.9 Å². The summed E-state index contributed by atoms with van der Waals surface area (Å²) in [4.78, 5) is 11.2. The van der Waals surface area contributed by atoms with Crippen molar-refractivity contribution in [3.8, 4) is 39.5 Å². The Morgan fingerprint density at radius 1 is 1.03 bits per heavy atom. The van der Waals surface area contributed by atoms with Gasteiger partial charge in [0.05, 0.1) is 35.2 Å². The zero-order valence-corrected chi connectivity index (χ0v) is 22.7. The maximum Gasteiger partial charge on any atom is 0.216 e. The quantitative estimate of drug-likeness (QED) is 0.232. The van der Waals surface area contributed by atoms with Gasteiger partial charge in [0.2, 0.25) is 5.88 Å². The second-order valence-corrected chi connectivity index (χ2v) is 10.1. The number of benzene rings is 2. The van der Waals surface area contributed by atoms with Gasteiger partial charge in [0.15, 0.2) is 0 Å². The molecule has 4 nitrogen and oxygen atoms in total. The number of rotatable bonds is 7. The molecule has 8 heteroatoms. The number of aromatic nitrogens is 2. The number of halogens is 4.